The lowest BCUT2D eigenvalue weighted by atomic mass is 9.95. The van der Waals surface area contributed by atoms with Crippen LogP contribution < -0.4 is 5.73 Å². The third-order valence-electron chi connectivity index (χ3n) is 4.26. The van der Waals surface area contributed by atoms with Gasteiger partial charge in [0.2, 0.25) is 11.7 Å². The first-order valence-electron chi connectivity index (χ1n) is 7.51. The summed E-state index contributed by atoms with van der Waals surface area (Å²) < 4.78 is 6.55. The lowest BCUT2D eigenvalue weighted by molar-refractivity contribution is 0.326. The largest absolute Gasteiger partial charge is 0.339 e. The number of aromatic nitrogens is 2. The molecule has 1 fully saturated rings. The number of nitrogens with two attached hydrogens (primary N) is 1. The molecule has 0 radical (unpaired) electrons. The molecule has 0 spiro atoms. The fraction of sp³-hybridized carbons (Fsp3) is 0.500. The van der Waals surface area contributed by atoms with Crippen molar-refractivity contribution in [1.82, 2.24) is 10.1 Å². The SMILES string of the molecule is Cc1ccc(-c2noc(C3CCCCCC3N)n2)cc1Br. The number of halogens is 1. The molecule has 112 valence electrons. The summed E-state index contributed by atoms with van der Waals surface area (Å²) in [5.74, 6) is 1.53. The highest BCUT2D eigenvalue weighted by Crippen LogP contribution is 2.31. The molecule has 2 atom stereocenters. The molecule has 1 aromatic carbocycles. The first kappa shape index (κ1) is 14.7. The predicted octanol–water partition coefficient (Wildman–Crippen LogP) is 4.18. The Labute approximate surface area is 133 Å². The van der Waals surface area contributed by atoms with Gasteiger partial charge in [-0.05, 0) is 31.4 Å². The maximum atomic E-state index is 6.27. The number of hydrogen-bond acceptors (Lipinski definition) is 4. The van der Waals surface area contributed by atoms with Crippen LogP contribution >= 0.6 is 15.9 Å². The molecule has 2 N–H and O–H groups in total. The van der Waals surface area contributed by atoms with E-state index in [9.17, 15) is 0 Å². The summed E-state index contributed by atoms with van der Waals surface area (Å²) in [6, 6.07) is 6.22. The first-order valence-corrected chi connectivity index (χ1v) is 8.30. The van der Waals surface area contributed by atoms with Crippen LogP contribution in [0, 0.1) is 6.92 Å². The van der Waals surface area contributed by atoms with E-state index in [1.807, 2.05) is 18.2 Å². The molecular formula is C16H20BrN3O. The molecule has 5 heteroatoms. The predicted molar refractivity (Wildman–Crippen MR) is 86.0 cm³/mol. The van der Waals surface area contributed by atoms with Gasteiger partial charge in [0.05, 0.1) is 5.92 Å². The maximum Gasteiger partial charge on any atom is 0.231 e. The van der Waals surface area contributed by atoms with E-state index < -0.39 is 0 Å². The Bertz CT molecular complexity index is 626. The molecule has 21 heavy (non-hydrogen) atoms. The van der Waals surface area contributed by atoms with Crippen LogP contribution in [0.15, 0.2) is 27.2 Å². The molecule has 0 bridgehead atoms. The lowest BCUT2D eigenvalue weighted by Crippen LogP contribution is -2.27. The Kier molecular flexibility index (Phi) is 4.40. The van der Waals surface area contributed by atoms with Crippen molar-refractivity contribution in [3.8, 4) is 11.4 Å². The molecule has 3 rings (SSSR count). The van der Waals surface area contributed by atoms with Crippen molar-refractivity contribution < 1.29 is 4.52 Å². The van der Waals surface area contributed by atoms with Gasteiger partial charge in [-0.2, -0.15) is 4.98 Å². The highest BCUT2D eigenvalue weighted by molar-refractivity contribution is 9.10. The van der Waals surface area contributed by atoms with Crippen LogP contribution in [0.25, 0.3) is 11.4 Å². The second-order valence-corrected chi connectivity index (χ2v) is 6.68. The second-order valence-electron chi connectivity index (χ2n) is 5.83. The molecule has 1 heterocycles. The molecule has 1 aliphatic carbocycles. The van der Waals surface area contributed by atoms with E-state index in [0.717, 1.165) is 22.9 Å². The van der Waals surface area contributed by atoms with Crippen LogP contribution in [-0.2, 0) is 0 Å². The Morgan fingerprint density at radius 3 is 2.86 bits per heavy atom. The van der Waals surface area contributed by atoms with E-state index >= 15 is 0 Å². The van der Waals surface area contributed by atoms with Crippen LogP contribution in [0.5, 0.6) is 0 Å². The van der Waals surface area contributed by atoms with Gasteiger partial charge in [-0.1, -0.05) is 52.5 Å². The smallest absolute Gasteiger partial charge is 0.231 e. The summed E-state index contributed by atoms with van der Waals surface area (Å²) in [7, 11) is 0. The summed E-state index contributed by atoms with van der Waals surface area (Å²) in [5.41, 5.74) is 8.42. The van der Waals surface area contributed by atoms with Gasteiger partial charge in [0.15, 0.2) is 0 Å². The fourth-order valence-corrected chi connectivity index (χ4v) is 3.26. The van der Waals surface area contributed by atoms with Crippen molar-refractivity contribution in [3.05, 3.63) is 34.1 Å². The average molecular weight is 350 g/mol. The van der Waals surface area contributed by atoms with Gasteiger partial charge in [0, 0.05) is 16.1 Å². The monoisotopic (exact) mass is 349 g/mol. The lowest BCUT2D eigenvalue weighted by Gasteiger charge is -2.16. The van der Waals surface area contributed by atoms with Gasteiger partial charge in [-0.15, -0.1) is 0 Å². The highest BCUT2D eigenvalue weighted by atomic mass is 79.9. The Hall–Kier alpha value is -1.20. The number of aryl methyl sites for hydroxylation is 1. The van der Waals surface area contributed by atoms with Crippen LogP contribution in [0.3, 0.4) is 0 Å². The third kappa shape index (κ3) is 3.19. The Morgan fingerprint density at radius 1 is 1.24 bits per heavy atom. The van der Waals surface area contributed by atoms with Crippen molar-refractivity contribution in [2.45, 2.75) is 51.0 Å². The standard InChI is InChI=1S/C16H20BrN3O/c1-10-7-8-11(9-13(10)17)15-19-16(21-20-15)12-5-3-2-4-6-14(12)18/h7-9,12,14H,2-6,18H2,1H3. The molecule has 2 unspecified atom stereocenters. The summed E-state index contributed by atoms with van der Waals surface area (Å²) in [5, 5.41) is 4.13. The van der Waals surface area contributed by atoms with Crippen LogP contribution in [-0.4, -0.2) is 16.2 Å². The minimum absolute atomic E-state index is 0.130. The summed E-state index contributed by atoms with van der Waals surface area (Å²) in [6.45, 7) is 2.06. The van der Waals surface area contributed by atoms with Gasteiger partial charge in [0.25, 0.3) is 0 Å². The molecule has 0 saturated heterocycles. The highest BCUT2D eigenvalue weighted by Gasteiger charge is 2.27. The van der Waals surface area contributed by atoms with Gasteiger partial charge >= 0.3 is 0 Å². The summed E-state index contributed by atoms with van der Waals surface area (Å²) in [4.78, 5) is 4.59. The van der Waals surface area contributed by atoms with Crippen molar-refractivity contribution in [3.63, 3.8) is 0 Å². The second kappa shape index (κ2) is 6.28. The minimum atomic E-state index is 0.130. The topological polar surface area (TPSA) is 64.9 Å². The van der Waals surface area contributed by atoms with Crippen molar-refractivity contribution >= 4 is 15.9 Å². The molecule has 1 saturated carbocycles. The quantitative estimate of drug-likeness (QED) is 0.825. The minimum Gasteiger partial charge on any atom is -0.339 e. The number of nitrogens with zero attached hydrogens (tertiary/aromatic N) is 2. The van der Waals surface area contributed by atoms with Gasteiger partial charge in [-0.3, -0.25) is 0 Å². The van der Waals surface area contributed by atoms with Crippen molar-refractivity contribution in [2.24, 2.45) is 5.73 Å². The molecule has 1 aromatic heterocycles. The van der Waals surface area contributed by atoms with Gasteiger partial charge in [0.1, 0.15) is 0 Å². The fourth-order valence-electron chi connectivity index (χ4n) is 2.88. The third-order valence-corrected chi connectivity index (χ3v) is 5.11. The average Bonchev–Trinajstić information content (AvgIpc) is 2.85. The van der Waals surface area contributed by atoms with E-state index in [1.54, 1.807) is 0 Å². The molecular weight excluding hydrogens is 330 g/mol. The van der Waals surface area contributed by atoms with E-state index in [-0.39, 0.29) is 12.0 Å². The summed E-state index contributed by atoms with van der Waals surface area (Å²) >= 11 is 3.54. The van der Waals surface area contributed by atoms with Crippen LogP contribution in [0.4, 0.5) is 0 Å². The van der Waals surface area contributed by atoms with Crippen LogP contribution in [0.1, 0.15) is 49.5 Å². The first-order chi connectivity index (χ1) is 10.1. The Morgan fingerprint density at radius 2 is 2.05 bits per heavy atom. The number of hydrogen-bond donors (Lipinski definition) is 1. The van der Waals surface area contributed by atoms with Gasteiger partial charge in [-0.25, -0.2) is 0 Å². The van der Waals surface area contributed by atoms with E-state index in [2.05, 4.69) is 33.0 Å². The molecule has 0 aliphatic heterocycles. The zero-order valence-electron chi connectivity index (χ0n) is 12.2. The molecule has 2 aromatic rings. The maximum absolute atomic E-state index is 6.27. The van der Waals surface area contributed by atoms with Crippen LogP contribution in [0.2, 0.25) is 0 Å². The van der Waals surface area contributed by atoms with E-state index in [0.29, 0.717) is 11.7 Å². The van der Waals surface area contributed by atoms with Crippen molar-refractivity contribution in [1.29, 1.82) is 0 Å². The zero-order valence-corrected chi connectivity index (χ0v) is 13.8. The van der Waals surface area contributed by atoms with Crippen molar-refractivity contribution in [2.75, 3.05) is 0 Å². The summed E-state index contributed by atoms with van der Waals surface area (Å²) in [6.07, 6.45) is 5.71. The zero-order chi connectivity index (χ0) is 14.8. The number of rotatable bonds is 2. The molecule has 4 nitrogen and oxygen atoms in total. The van der Waals surface area contributed by atoms with E-state index in [4.69, 9.17) is 10.3 Å². The molecule has 0 amide bonds. The van der Waals surface area contributed by atoms with E-state index in [1.165, 1.54) is 24.8 Å². The molecule has 1 aliphatic rings. The van der Waals surface area contributed by atoms with Gasteiger partial charge < -0.3 is 10.3 Å². The number of benzene rings is 1. The normalized spacial score (nSPS) is 23.0. The Balaban J connectivity index is 1.86.